The lowest BCUT2D eigenvalue weighted by Crippen LogP contribution is -2.57. The molecule has 0 unspecified atom stereocenters. The third kappa shape index (κ3) is 5.58. The highest BCUT2D eigenvalue weighted by molar-refractivity contribution is 5.98. The maximum atomic E-state index is 17.3. The molecule has 0 spiro atoms. The number of carbonyl (C=O) groups excluding carboxylic acids is 1. The van der Waals surface area contributed by atoms with Crippen molar-refractivity contribution in [3.63, 3.8) is 0 Å². The molecule has 0 bridgehead atoms. The third-order valence-electron chi connectivity index (χ3n) is 8.91. The van der Waals surface area contributed by atoms with Crippen LogP contribution in [0.2, 0.25) is 0 Å². The van der Waals surface area contributed by atoms with E-state index < -0.39 is 29.5 Å². The van der Waals surface area contributed by atoms with E-state index in [0.29, 0.717) is 16.9 Å². The van der Waals surface area contributed by atoms with Crippen LogP contribution in [0.4, 0.5) is 19.4 Å². The Bertz CT molecular complexity index is 2140. The Balaban J connectivity index is 1.40. The van der Waals surface area contributed by atoms with Gasteiger partial charge in [0, 0.05) is 25.8 Å². The van der Waals surface area contributed by atoms with E-state index in [-0.39, 0.29) is 78.4 Å². The van der Waals surface area contributed by atoms with Crippen molar-refractivity contribution in [2.75, 3.05) is 38.3 Å². The number of benzene rings is 2. The second kappa shape index (κ2) is 12.8. The zero-order chi connectivity index (χ0) is 34.4. The molecule has 2 aliphatic heterocycles. The monoisotopic (exact) mass is 668 g/mol. The third-order valence-corrected chi connectivity index (χ3v) is 8.91. The topological polar surface area (TPSA) is 112 Å². The largest absolute Gasteiger partial charge is 0.496 e. The summed E-state index contributed by atoms with van der Waals surface area (Å²) in [5.74, 6) is -1.68. The van der Waals surface area contributed by atoms with Gasteiger partial charge >= 0.3 is 11.8 Å². The first-order valence-corrected chi connectivity index (χ1v) is 16.0. The number of anilines is 1. The molecule has 11 nitrogen and oxygen atoms in total. The van der Waals surface area contributed by atoms with Crippen LogP contribution in [0, 0.1) is 18.6 Å². The fraction of sp³-hybridized carbons (Fsp3) is 0.306. The van der Waals surface area contributed by atoms with E-state index in [9.17, 15) is 9.59 Å². The Labute approximate surface area is 280 Å². The smallest absolute Gasteiger partial charge is 0.410 e. The van der Waals surface area contributed by atoms with Crippen molar-refractivity contribution < 1.29 is 27.8 Å². The van der Waals surface area contributed by atoms with Crippen LogP contribution in [-0.4, -0.2) is 69.9 Å². The van der Waals surface area contributed by atoms with E-state index >= 15 is 8.78 Å². The Morgan fingerprint density at radius 1 is 1.06 bits per heavy atom. The summed E-state index contributed by atoms with van der Waals surface area (Å²) < 4.78 is 51.2. The van der Waals surface area contributed by atoms with Gasteiger partial charge in [-0.3, -0.25) is 9.55 Å². The van der Waals surface area contributed by atoms with Gasteiger partial charge in [0.2, 0.25) is 5.88 Å². The summed E-state index contributed by atoms with van der Waals surface area (Å²) >= 11 is 0. The molecule has 13 heteroatoms. The van der Waals surface area contributed by atoms with E-state index in [1.54, 1.807) is 24.1 Å². The van der Waals surface area contributed by atoms with Crippen LogP contribution in [0.15, 0.2) is 65.6 Å². The fourth-order valence-corrected chi connectivity index (χ4v) is 6.54. The van der Waals surface area contributed by atoms with Crippen LogP contribution in [0.3, 0.4) is 0 Å². The highest BCUT2D eigenvalue weighted by atomic mass is 19.1. The number of pyridine rings is 2. The predicted octanol–water partition coefficient (Wildman–Crippen LogP) is 5.78. The summed E-state index contributed by atoms with van der Waals surface area (Å²) in [5, 5.41) is 0.150. The number of rotatable bonds is 6. The number of amides is 1. The molecule has 3 aromatic heterocycles. The van der Waals surface area contributed by atoms with Crippen LogP contribution < -0.4 is 20.1 Å². The molecule has 0 saturated carbocycles. The first-order chi connectivity index (χ1) is 23.7. The highest BCUT2D eigenvalue weighted by Gasteiger charge is 2.38. The van der Waals surface area contributed by atoms with Crippen LogP contribution in [0.1, 0.15) is 36.6 Å². The number of fused-ring (bicyclic) bond motifs is 2. The van der Waals surface area contributed by atoms with E-state index in [1.807, 2.05) is 49.1 Å². The Hall–Kier alpha value is -5.59. The molecule has 7 rings (SSSR count). The van der Waals surface area contributed by atoms with Crippen LogP contribution >= 0.6 is 0 Å². The summed E-state index contributed by atoms with van der Waals surface area (Å²) in [6, 6.07) is 14.7. The normalized spacial score (nSPS) is 15.5. The highest BCUT2D eigenvalue weighted by Crippen LogP contribution is 2.43. The Morgan fingerprint density at radius 3 is 2.61 bits per heavy atom. The van der Waals surface area contributed by atoms with E-state index in [4.69, 9.17) is 14.2 Å². The number of hydrogen-bond donors (Lipinski definition) is 0. The van der Waals surface area contributed by atoms with Crippen molar-refractivity contribution in [1.29, 1.82) is 0 Å². The van der Waals surface area contributed by atoms with Crippen molar-refractivity contribution in [1.82, 2.24) is 24.4 Å². The number of hydrogen-bond acceptors (Lipinski definition) is 9. The first kappa shape index (κ1) is 32.0. The van der Waals surface area contributed by atoms with Crippen LogP contribution in [-0.2, 0) is 11.3 Å². The summed E-state index contributed by atoms with van der Waals surface area (Å²) in [6.07, 6.45) is 1.14. The van der Waals surface area contributed by atoms with Gasteiger partial charge in [-0.2, -0.15) is 4.98 Å². The molecule has 2 aliphatic rings. The molecule has 5 heterocycles. The minimum absolute atomic E-state index is 0.0117. The number of piperazine rings is 1. The van der Waals surface area contributed by atoms with Crippen molar-refractivity contribution in [2.24, 2.45) is 0 Å². The minimum atomic E-state index is -0.953. The number of halogens is 2. The van der Waals surface area contributed by atoms with Gasteiger partial charge in [0.1, 0.15) is 47.2 Å². The number of aryl methyl sites for hydroxylation is 1. The number of nitrogens with zero attached hydrogens (tertiary/aromatic N) is 6. The predicted molar refractivity (Wildman–Crippen MR) is 178 cm³/mol. The molecule has 252 valence electrons. The summed E-state index contributed by atoms with van der Waals surface area (Å²) in [5.41, 5.74) is 0.902. The Morgan fingerprint density at radius 2 is 1.86 bits per heavy atom. The first-order valence-electron chi connectivity index (χ1n) is 16.0. The van der Waals surface area contributed by atoms with Crippen molar-refractivity contribution in [3.05, 3.63) is 99.7 Å². The maximum Gasteiger partial charge on any atom is 0.410 e. The number of aromatic nitrogens is 4. The fourth-order valence-electron chi connectivity index (χ4n) is 6.54. The molecule has 1 fully saturated rings. The van der Waals surface area contributed by atoms with Crippen LogP contribution in [0.25, 0.3) is 27.8 Å². The minimum Gasteiger partial charge on any atom is -0.496 e. The Kier molecular flexibility index (Phi) is 8.35. The van der Waals surface area contributed by atoms with Gasteiger partial charge in [-0.1, -0.05) is 50.2 Å². The van der Waals surface area contributed by atoms with Gasteiger partial charge in [0.25, 0.3) is 0 Å². The SMILES string of the molecule is COc1cccc(F)c1-c1nc2c3c(nc(=O)n(-c4c(C)ccnc4C(C)C)c3c1F)N1CCN(C(=O)OCc3ccccc3)C[C@@H]1CO2. The second-order valence-corrected chi connectivity index (χ2v) is 12.3. The van der Waals surface area contributed by atoms with Gasteiger partial charge in [-0.15, -0.1) is 0 Å². The van der Waals surface area contributed by atoms with Gasteiger partial charge in [0.15, 0.2) is 5.82 Å². The molecule has 1 atom stereocenters. The van der Waals surface area contributed by atoms with Gasteiger partial charge in [0.05, 0.1) is 30.1 Å². The quantitative estimate of drug-likeness (QED) is 0.222. The molecule has 1 amide bonds. The number of methoxy groups -OCH3 is 1. The molecule has 1 saturated heterocycles. The van der Waals surface area contributed by atoms with E-state index in [1.165, 1.54) is 29.9 Å². The standard InChI is InChI=1S/C36H34F2N6O5/c1-20(2)29-31(21(3)13-14-39-29)44-32-27-33(41-35(44)45)43-16-15-42(36(46)49-18-22-9-6-5-7-10-22)17-23(43)19-48-34(27)40-30(28(32)38)26-24(37)11-8-12-25(26)47-4/h5-14,20,23H,15-19H2,1-4H3/t23-/m1/s1. The van der Waals surface area contributed by atoms with Crippen molar-refractivity contribution in [2.45, 2.75) is 39.3 Å². The van der Waals surface area contributed by atoms with E-state index in [2.05, 4.69) is 15.0 Å². The average Bonchev–Trinajstić information content (AvgIpc) is 3.25. The number of carbonyl (C=O) groups is 1. The molecule has 2 aromatic carbocycles. The zero-order valence-electron chi connectivity index (χ0n) is 27.4. The van der Waals surface area contributed by atoms with Gasteiger partial charge < -0.3 is 24.0 Å². The summed E-state index contributed by atoms with van der Waals surface area (Å²) in [6.45, 7) is 6.47. The van der Waals surface area contributed by atoms with E-state index in [0.717, 1.165) is 5.56 Å². The zero-order valence-corrected chi connectivity index (χ0v) is 27.4. The lowest BCUT2D eigenvalue weighted by molar-refractivity contribution is 0.0850. The maximum absolute atomic E-state index is 17.3. The lowest BCUT2D eigenvalue weighted by Gasteiger charge is -2.40. The lowest BCUT2D eigenvalue weighted by atomic mass is 10.0. The van der Waals surface area contributed by atoms with Crippen molar-refractivity contribution in [3.8, 4) is 28.6 Å². The van der Waals surface area contributed by atoms with Crippen molar-refractivity contribution >= 4 is 22.8 Å². The molecular weight excluding hydrogens is 634 g/mol. The molecule has 0 aliphatic carbocycles. The van der Waals surface area contributed by atoms with Gasteiger partial charge in [-0.25, -0.2) is 23.4 Å². The van der Waals surface area contributed by atoms with Gasteiger partial charge in [-0.05, 0) is 42.2 Å². The second-order valence-electron chi connectivity index (χ2n) is 12.3. The molecule has 0 radical (unpaired) electrons. The summed E-state index contributed by atoms with van der Waals surface area (Å²) in [4.78, 5) is 44.3. The molecule has 0 N–H and O–H groups in total. The molecule has 5 aromatic rings. The molecule has 49 heavy (non-hydrogen) atoms. The average molecular weight is 669 g/mol. The summed E-state index contributed by atoms with van der Waals surface area (Å²) in [7, 11) is 1.35. The van der Waals surface area contributed by atoms with Crippen LogP contribution in [0.5, 0.6) is 11.6 Å². The number of ether oxygens (including phenoxy) is 3. The molecular formula is C36H34F2N6O5.